The second-order valence-corrected chi connectivity index (χ2v) is 12.1. The normalized spacial score (nSPS) is 16.1. The zero-order valence-corrected chi connectivity index (χ0v) is 23.5. The lowest BCUT2D eigenvalue weighted by Gasteiger charge is -2.33. The molecule has 4 heterocycles. The zero-order chi connectivity index (χ0) is 26.8. The Balaban J connectivity index is 1.22. The van der Waals surface area contributed by atoms with Gasteiger partial charge in [-0.2, -0.15) is 0 Å². The van der Waals surface area contributed by atoms with E-state index >= 15 is 0 Å². The molecule has 4 aromatic rings. The minimum Gasteiger partial charge on any atom is -0.481 e. The maximum atomic E-state index is 11.2. The summed E-state index contributed by atoms with van der Waals surface area (Å²) in [5.74, 6) is -0.560. The molecule has 0 aliphatic carbocycles. The van der Waals surface area contributed by atoms with Crippen molar-refractivity contribution in [2.75, 3.05) is 26.7 Å². The minimum absolute atomic E-state index is 0.452. The Bertz CT molecular complexity index is 1480. The van der Waals surface area contributed by atoms with Crippen LogP contribution in [0.5, 0.6) is 5.88 Å². The molecule has 1 fully saturated rings. The van der Waals surface area contributed by atoms with Crippen LogP contribution in [0.25, 0.3) is 26.4 Å². The van der Waals surface area contributed by atoms with Crippen LogP contribution in [0.4, 0.5) is 0 Å². The lowest BCUT2D eigenvalue weighted by Crippen LogP contribution is -2.43. The van der Waals surface area contributed by atoms with E-state index in [9.17, 15) is 9.90 Å². The van der Waals surface area contributed by atoms with Gasteiger partial charge < -0.3 is 25.2 Å². The Kier molecular flexibility index (Phi) is 8.11. The van der Waals surface area contributed by atoms with Crippen LogP contribution in [-0.4, -0.2) is 58.9 Å². The van der Waals surface area contributed by atoms with E-state index in [1.165, 1.54) is 25.4 Å². The fraction of sp³-hybridized carbons (Fsp3) is 0.379. The topological polar surface area (TPSA) is 94.9 Å². The molecule has 0 amide bonds. The summed E-state index contributed by atoms with van der Waals surface area (Å²) in [5.41, 5.74) is 4.87. The van der Waals surface area contributed by atoms with Gasteiger partial charge in [-0.3, -0.25) is 0 Å². The molecular weight excluding hydrogens is 518 g/mol. The van der Waals surface area contributed by atoms with Crippen molar-refractivity contribution in [3.05, 3.63) is 62.9 Å². The summed E-state index contributed by atoms with van der Waals surface area (Å²) in [5, 5.41) is 28.5. The van der Waals surface area contributed by atoms with Crippen molar-refractivity contribution >= 4 is 55.0 Å². The van der Waals surface area contributed by atoms with Gasteiger partial charge in [-0.15, -0.1) is 22.7 Å². The predicted molar refractivity (Wildman–Crippen MR) is 155 cm³/mol. The van der Waals surface area contributed by atoms with Crippen molar-refractivity contribution in [3.8, 4) is 5.88 Å². The Labute approximate surface area is 230 Å². The van der Waals surface area contributed by atoms with Crippen LogP contribution in [0.1, 0.15) is 46.1 Å². The fourth-order valence-corrected chi connectivity index (χ4v) is 7.80. The number of aliphatic hydroxyl groups excluding tert-OH is 1. The number of β-amino-alcohol motifs (C(OH)–C–C–N with tert-alkyl or cyclic N) is 1. The summed E-state index contributed by atoms with van der Waals surface area (Å²) in [6.45, 7) is 7.70. The molecule has 9 heteroatoms. The maximum absolute atomic E-state index is 11.2. The Morgan fingerprint density at radius 2 is 2.05 bits per heavy atom. The molecule has 0 saturated carbocycles. The highest BCUT2D eigenvalue weighted by Crippen LogP contribution is 2.37. The number of nitrogens with one attached hydrogen (secondary N) is 1. The fourth-order valence-electron chi connectivity index (χ4n) is 5.27. The molecule has 200 valence electrons. The first-order valence-corrected chi connectivity index (χ1v) is 14.5. The average molecular weight is 552 g/mol. The number of hydrogen-bond donors (Lipinski definition) is 3. The third-order valence-electron chi connectivity index (χ3n) is 7.39. The molecule has 1 atom stereocenters. The standard InChI is InChI=1S/C29H33N3O4S2/c1-17-16-37-29-27(17)18(2)24(38-29)14-30-20-10-12-32(13-11-20)15-23(33)22-6-4-19(5-9-26(34)35)21-7-8-25(36-3)31-28(21)22/h4-9,16,20,23,30,33H,10-15H2,1-3H3,(H,34,35)/b9-5+. The highest BCUT2D eigenvalue weighted by Gasteiger charge is 2.23. The van der Waals surface area contributed by atoms with Crippen molar-refractivity contribution < 1.29 is 19.7 Å². The van der Waals surface area contributed by atoms with Gasteiger partial charge in [-0.05, 0) is 74.0 Å². The number of fused-ring (bicyclic) bond motifs is 2. The third-order valence-corrected chi connectivity index (χ3v) is 9.91. The van der Waals surface area contributed by atoms with E-state index in [1.807, 2.05) is 40.9 Å². The number of pyridine rings is 1. The number of carboxylic acid groups (broad SMARTS) is 1. The number of likely N-dealkylation sites (tertiary alicyclic amines) is 1. The van der Waals surface area contributed by atoms with E-state index in [4.69, 9.17) is 9.84 Å². The van der Waals surface area contributed by atoms with Gasteiger partial charge in [0.25, 0.3) is 0 Å². The van der Waals surface area contributed by atoms with E-state index in [1.54, 1.807) is 19.3 Å². The van der Waals surface area contributed by atoms with Crippen LogP contribution in [0, 0.1) is 13.8 Å². The van der Waals surface area contributed by atoms with Crippen LogP contribution in [0.15, 0.2) is 35.7 Å². The Hall–Kier alpha value is -2.82. The molecule has 1 saturated heterocycles. The summed E-state index contributed by atoms with van der Waals surface area (Å²) in [6, 6.07) is 7.75. The van der Waals surface area contributed by atoms with Gasteiger partial charge in [0, 0.05) is 52.5 Å². The van der Waals surface area contributed by atoms with Gasteiger partial charge >= 0.3 is 5.97 Å². The van der Waals surface area contributed by atoms with E-state index in [2.05, 4.69) is 34.4 Å². The summed E-state index contributed by atoms with van der Waals surface area (Å²) in [7, 11) is 1.56. The smallest absolute Gasteiger partial charge is 0.328 e. The molecule has 3 aromatic heterocycles. The number of benzene rings is 1. The highest BCUT2D eigenvalue weighted by atomic mass is 32.2. The summed E-state index contributed by atoms with van der Waals surface area (Å²) >= 11 is 3.76. The Morgan fingerprint density at radius 3 is 2.76 bits per heavy atom. The molecule has 7 nitrogen and oxygen atoms in total. The minimum atomic E-state index is -1.01. The molecular formula is C29H33N3O4S2. The number of piperidine rings is 1. The molecule has 0 radical (unpaired) electrons. The second kappa shape index (κ2) is 11.5. The number of aliphatic hydroxyl groups is 1. The lowest BCUT2D eigenvalue weighted by atomic mass is 9.98. The number of rotatable bonds is 9. The lowest BCUT2D eigenvalue weighted by molar-refractivity contribution is -0.131. The monoisotopic (exact) mass is 551 g/mol. The summed E-state index contributed by atoms with van der Waals surface area (Å²) in [4.78, 5) is 19.4. The molecule has 1 unspecified atom stereocenters. The van der Waals surface area contributed by atoms with Gasteiger partial charge in [-0.1, -0.05) is 12.1 Å². The van der Waals surface area contributed by atoms with E-state index < -0.39 is 12.1 Å². The van der Waals surface area contributed by atoms with Crippen molar-refractivity contribution in [3.63, 3.8) is 0 Å². The molecule has 38 heavy (non-hydrogen) atoms. The number of carboxylic acids is 1. The molecule has 5 rings (SSSR count). The zero-order valence-electron chi connectivity index (χ0n) is 21.9. The number of aromatic nitrogens is 1. The van der Waals surface area contributed by atoms with Crippen LogP contribution in [-0.2, 0) is 11.3 Å². The van der Waals surface area contributed by atoms with Gasteiger partial charge in [0.2, 0.25) is 5.88 Å². The highest BCUT2D eigenvalue weighted by molar-refractivity contribution is 7.37. The van der Waals surface area contributed by atoms with Crippen LogP contribution in [0.3, 0.4) is 0 Å². The number of methoxy groups -OCH3 is 1. The number of carbonyl (C=O) groups is 1. The predicted octanol–water partition coefficient (Wildman–Crippen LogP) is 5.52. The van der Waals surface area contributed by atoms with Crippen LogP contribution < -0.4 is 10.1 Å². The first-order valence-electron chi connectivity index (χ1n) is 12.8. The average Bonchev–Trinajstić information content (AvgIpc) is 3.44. The largest absolute Gasteiger partial charge is 0.481 e. The maximum Gasteiger partial charge on any atom is 0.328 e. The quantitative estimate of drug-likeness (QED) is 0.236. The number of hydrogen-bond acceptors (Lipinski definition) is 8. The number of ether oxygens (including phenoxy) is 1. The van der Waals surface area contributed by atoms with Crippen molar-refractivity contribution in [1.29, 1.82) is 0 Å². The molecule has 0 spiro atoms. The molecule has 1 aromatic carbocycles. The molecule has 0 bridgehead atoms. The first-order chi connectivity index (χ1) is 18.3. The molecule has 3 N–H and O–H groups in total. The first kappa shape index (κ1) is 26.8. The van der Waals surface area contributed by atoms with E-state index in [0.29, 0.717) is 24.0 Å². The molecule has 1 aliphatic rings. The van der Waals surface area contributed by atoms with Crippen LogP contribution in [0.2, 0.25) is 0 Å². The van der Waals surface area contributed by atoms with E-state index in [0.717, 1.165) is 55.1 Å². The van der Waals surface area contributed by atoms with Gasteiger partial charge in [0.15, 0.2) is 0 Å². The second-order valence-electron chi connectivity index (χ2n) is 9.87. The Morgan fingerprint density at radius 1 is 1.26 bits per heavy atom. The number of nitrogens with zero attached hydrogens (tertiary/aromatic N) is 2. The van der Waals surface area contributed by atoms with Gasteiger partial charge in [0.05, 0.1) is 22.7 Å². The number of aryl methyl sites for hydroxylation is 2. The number of aliphatic carboxylic acids is 1. The summed E-state index contributed by atoms with van der Waals surface area (Å²) in [6.07, 6.45) is 4.02. The van der Waals surface area contributed by atoms with Crippen molar-refractivity contribution in [2.45, 2.75) is 45.4 Å². The van der Waals surface area contributed by atoms with Crippen LogP contribution >= 0.6 is 22.7 Å². The van der Waals surface area contributed by atoms with Crippen molar-refractivity contribution in [1.82, 2.24) is 15.2 Å². The van der Waals surface area contributed by atoms with Gasteiger partial charge in [0.1, 0.15) is 0 Å². The molecule has 1 aliphatic heterocycles. The van der Waals surface area contributed by atoms with Crippen molar-refractivity contribution in [2.24, 2.45) is 0 Å². The summed E-state index contributed by atoms with van der Waals surface area (Å²) < 4.78 is 6.74. The third kappa shape index (κ3) is 5.62. The van der Waals surface area contributed by atoms with E-state index in [-0.39, 0.29) is 0 Å². The van der Waals surface area contributed by atoms with Gasteiger partial charge in [-0.25, -0.2) is 9.78 Å². The SMILES string of the molecule is COc1ccc2c(/C=C/C(=O)O)ccc(C(O)CN3CCC(NCc4sc5scc(C)c5c4C)CC3)c2n1. The number of thiophene rings is 2.